The molecule has 1 unspecified atom stereocenters. The van der Waals surface area contributed by atoms with Crippen LogP contribution in [-0.2, 0) is 9.59 Å². The minimum Gasteiger partial charge on any atom is -0.339 e. The van der Waals surface area contributed by atoms with Crippen LogP contribution in [0, 0.1) is 5.41 Å². The van der Waals surface area contributed by atoms with E-state index in [2.05, 4.69) is 6.92 Å². The smallest absolute Gasteiger partial charge is 0.228 e. The molecular weight excluding hydrogens is 226 g/mol. The van der Waals surface area contributed by atoms with Crippen molar-refractivity contribution in [3.63, 3.8) is 0 Å². The average Bonchev–Trinajstić information content (AvgIpc) is 2.76. The highest BCUT2D eigenvalue weighted by Gasteiger charge is 2.41. The Hall–Kier alpha value is -0.860. The van der Waals surface area contributed by atoms with Gasteiger partial charge in [0.2, 0.25) is 5.91 Å². The summed E-state index contributed by atoms with van der Waals surface area (Å²) in [4.78, 5) is 26.1. The summed E-state index contributed by atoms with van der Waals surface area (Å²) in [5.74, 6) is 0.516. The Morgan fingerprint density at radius 1 is 1.17 bits per heavy atom. The molecule has 0 N–H and O–H groups in total. The minimum absolute atomic E-state index is 0.146. The molecule has 0 aromatic heterocycles. The molecule has 1 aliphatic carbocycles. The fourth-order valence-corrected chi connectivity index (χ4v) is 3.53. The summed E-state index contributed by atoms with van der Waals surface area (Å²) >= 11 is 0. The number of hydrogen-bond donors (Lipinski definition) is 0. The lowest BCUT2D eigenvalue weighted by atomic mass is 9.85. The Kier molecular flexibility index (Phi) is 4.08. The van der Waals surface area contributed by atoms with Crippen LogP contribution in [0.4, 0.5) is 0 Å². The van der Waals surface area contributed by atoms with Gasteiger partial charge in [-0.2, -0.15) is 0 Å². The maximum Gasteiger partial charge on any atom is 0.228 e. The predicted molar refractivity (Wildman–Crippen MR) is 71.2 cm³/mol. The molecule has 1 atom stereocenters. The van der Waals surface area contributed by atoms with E-state index in [-0.39, 0.29) is 17.2 Å². The average molecular weight is 251 g/mol. The van der Waals surface area contributed by atoms with Gasteiger partial charge in [-0.05, 0) is 39.0 Å². The zero-order chi connectivity index (χ0) is 13.2. The summed E-state index contributed by atoms with van der Waals surface area (Å²) in [7, 11) is 0. The second kappa shape index (κ2) is 5.41. The van der Waals surface area contributed by atoms with Crippen molar-refractivity contribution >= 4 is 11.7 Å². The summed E-state index contributed by atoms with van der Waals surface area (Å²) in [5, 5.41) is 0. The van der Waals surface area contributed by atoms with Crippen molar-refractivity contribution in [1.82, 2.24) is 4.90 Å². The molecule has 102 valence electrons. The van der Waals surface area contributed by atoms with E-state index < -0.39 is 0 Å². The Morgan fingerprint density at radius 2 is 1.83 bits per heavy atom. The molecule has 1 aliphatic heterocycles. The molecule has 18 heavy (non-hydrogen) atoms. The standard InChI is InChI=1S/C15H25NO2/c1-12(17)11-13-7-3-6-10-16(13)14(18)15(2)8-4-5-9-15/h13H,3-11H2,1-2H3. The van der Waals surface area contributed by atoms with E-state index in [9.17, 15) is 9.59 Å². The third-order valence-electron chi connectivity index (χ3n) is 4.63. The number of amides is 1. The van der Waals surface area contributed by atoms with E-state index >= 15 is 0 Å². The fraction of sp³-hybridized carbons (Fsp3) is 0.867. The Bertz CT molecular complexity index is 331. The first-order valence-corrected chi connectivity index (χ1v) is 7.33. The number of carbonyl (C=O) groups excluding carboxylic acids is 2. The lowest BCUT2D eigenvalue weighted by Crippen LogP contribution is -2.49. The molecule has 2 aliphatic rings. The normalized spacial score (nSPS) is 27.2. The monoisotopic (exact) mass is 251 g/mol. The van der Waals surface area contributed by atoms with Gasteiger partial charge in [-0.1, -0.05) is 19.8 Å². The lowest BCUT2D eigenvalue weighted by molar-refractivity contribution is -0.145. The molecule has 0 radical (unpaired) electrons. The number of hydrogen-bond acceptors (Lipinski definition) is 2. The van der Waals surface area contributed by atoms with E-state index in [1.165, 1.54) is 12.8 Å². The quantitative estimate of drug-likeness (QED) is 0.773. The second-order valence-electron chi connectivity index (χ2n) is 6.32. The Morgan fingerprint density at radius 3 is 2.44 bits per heavy atom. The number of Topliss-reactive ketones (excluding diaryl/α,β-unsaturated/α-hetero) is 1. The third-order valence-corrected chi connectivity index (χ3v) is 4.63. The van der Waals surface area contributed by atoms with Crippen molar-refractivity contribution in [1.29, 1.82) is 0 Å². The third kappa shape index (κ3) is 2.76. The van der Waals surface area contributed by atoms with Gasteiger partial charge in [0.1, 0.15) is 5.78 Å². The van der Waals surface area contributed by atoms with Gasteiger partial charge in [-0.15, -0.1) is 0 Å². The van der Waals surface area contributed by atoms with Gasteiger partial charge in [-0.25, -0.2) is 0 Å². The molecular formula is C15H25NO2. The van der Waals surface area contributed by atoms with Crippen molar-refractivity contribution in [3.8, 4) is 0 Å². The number of carbonyl (C=O) groups is 2. The van der Waals surface area contributed by atoms with Crippen molar-refractivity contribution in [2.45, 2.75) is 71.3 Å². The first-order chi connectivity index (χ1) is 8.53. The van der Waals surface area contributed by atoms with Gasteiger partial charge in [-0.3, -0.25) is 9.59 Å². The minimum atomic E-state index is -0.146. The molecule has 3 nitrogen and oxygen atoms in total. The number of piperidine rings is 1. The van der Waals surface area contributed by atoms with Crippen molar-refractivity contribution in [2.75, 3.05) is 6.54 Å². The summed E-state index contributed by atoms with van der Waals surface area (Å²) < 4.78 is 0. The van der Waals surface area contributed by atoms with E-state index in [1.807, 2.05) is 4.90 Å². The highest BCUT2D eigenvalue weighted by molar-refractivity contribution is 5.84. The van der Waals surface area contributed by atoms with Crippen LogP contribution in [0.3, 0.4) is 0 Å². The zero-order valence-corrected chi connectivity index (χ0v) is 11.7. The largest absolute Gasteiger partial charge is 0.339 e. The van der Waals surface area contributed by atoms with Crippen LogP contribution in [0.25, 0.3) is 0 Å². The molecule has 0 spiro atoms. The number of ketones is 1. The molecule has 0 aromatic rings. The molecule has 1 saturated carbocycles. The summed E-state index contributed by atoms with van der Waals surface area (Å²) in [5.41, 5.74) is -0.146. The molecule has 2 rings (SSSR count). The SMILES string of the molecule is CC(=O)CC1CCCCN1C(=O)C1(C)CCCC1. The van der Waals surface area contributed by atoms with Crippen LogP contribution in [0.15, 0.2) is 0 Å². The topological polar surface area (TPSA) is 37.4 Å². The zero-order valence-electron chi connectivity index (χ0n) is 11.7. The van der Waals surface area contributed by atoms with Gasteiger partial charge in [0.05, 0.1) is 0 Å². The molecule has 3 heteroatoms. The van der Waals surface area contributed by atoms with Crippen LogP contribution in [0.1, 0.15) is 65.2 Å². The summed E-state index contributed by atoms with van der Waals surface area (Å²) in [6, 6.07) is 0.168. The molecule has 0 bridgehead atoms. The van der Waals surface area contributed by atoms with E-state index in [0.29, 0.717) is 12.3 Å². The molecule has 1 amide bonds. The predicted octanol–water partition coefficient (Wildman–Crippen LogP) is 2.93. The van der Waals surface area contributed by atoms with Gasteiger partial charge < -0.3 is 4.90 Å². The summed E-state index contributed by atoms with van der Waals surface area (Å²) in [6.45, 7) is 4.60. The van der Waals surface area contributed by atoms with Crippen molar-refractivity contribution < 1.29 is 9.59 Å². The number of rotatable bonds is 3. The maximum absolute atomic E-state index is 12.7. The fourth-order valence-electron chi connectivity index (χ4n) is 3.53. The van der Waals surface area contributed by atoms with Crippen LogP contribution >= 0.6 is 0 Å². The van der Waals surface area contributed by atoms with Crippen LogP contribution in [-0.4, -0.2) is 29.2 Å². The first kappa shape index (κ1) is 13.6. The Balaban J connectivity index is 2.08. The van der Waals surface area contributed by atoms with Gasteiger partial charge >= 0.3 is 0 Å². The second-order valence-corrected chi connectivity index (χ2v) is 6.32. The van der Waals surface area contributed by atoms with Gasteiger partial charge in [0.25, 0.3) is 0 Å². The van der Waals surface area contributed by atoms with Crippen LogP contribution in [0.5, 0.6) is 0 Å². The van der Waals surface area contributed by atoms with Crippen LogP contribution < -0.4 is 0 Å². The van der Waals surface area contributed by atoms with Gasteiger partial charge in [0.15, 0.2) is 0 Å². The van der Waals surface area contributed by atoms with E-state index in [1.54, 1.807) is 6.92 Å². The molecule has 1 saturated heterocycles. The van der Waals surface area contributed by atoms with Crippen molar-refractivity contribution in [2.24, 2.45) is 5.41 Å². The highest BCUT2D eigenvalue weighted by Crippen LogP contribution is 2.40. The maximum atomic E-state index is 12.7. The van der Waals surface area contributed by atoms with Crippen LogP contribution in [0.2, 0.25) is 0 Å². The number of nitrogens with zero attached hydrogens (tertiary/aromatic N) is 1. The molecule has 1 heterocycles. The first-order valence-electron chi connectivity index (χ1n) is 7.33. The Labute approximate surface area is 110 Å². The lowest BCUT2D eigenvalue weighted by Gasteiger charge is -2.40. The van der Waals surface area contributed by atoms with Gasteiger partial charge in [0, 0.05) is 24.4 Å². The highest BCUT2D eigenvalue weighted by atomic mass is 16.2. The molecule has 0 aromatic carbocycles. The van der Waals surface area contributed by atoms with E-state index in [4.69, 9.17) is 0 Å². The van der Waals surface area contributed by atoms with E-state index in [0.717, 1.165) is 38.6 Å². The molecule has 2 fully saturated rings. The summed E-state index contributed by atoms with van der Waals surface area (Å²) in [6.07, 6.45) is 8.18. The van der Waals surface area contributed by atoms with Crippen molar-refractivity contribution in [3.05, 3.63) is 0 Å². The number of likely N-dealkylation sites (tertiary alicyclic amines) is 1.